The number of ether oxygens (including phenoxy) is 1. The lowest BCUT2D eigenvalue weighted by molar-refractivity contribution is 0.416. The standard InChI is InChI=1S/C15H23N3OSSi/c1-6-18-14(12-9-7-8-10-13(12)19-2)16-17-15(18)20-11-21(3,4)5/h7-10H,6,11H2,1-5H3. The van der Waals surface area contributed by atoms with Crippen LogP contribution in [0, 0.1) is 0 Å². The zero-order chi connectivity index (χ0) is 15.5. The molecular weight excluding hydrogens is 298 g/mol. The monoisotopic (exact) mass is 321 g/mol. The Morgan fingerprint density at radius 1 is 1.19 bits per heavy atom. The molecule has 0 N–H and O–H groups in total. The molecular formula is C15H23N3OSSi. The lowest BCUT2D eigenvalue weighted by Gasteiger charge is -2.15. The predicted octanol–water partition coefficient (Wildman–Crippen LogP) is 3.94. The van der Waals surface area contributed by atoms with Crippen LogP contribution in [0.5, 0.6) is 5.75 Å². The average molecular weight is 322 g/mol. The lowest BCUT2D eigenvalue weighted by atomic mass is 10.2. The zero-order valence-corrected chi connectivity index (χ0v) is 15.2. The van der Waals surface area contributed by atoms with Crippen molar-refractivity contribution in [3.63, 3.8) is 0 Å². The van der Waals surface area contributed by atoms with Gasteiger partial charge in [0, 0.05) is 6.54 Å². The van der Waals surface area contributed by atoms with Crippen LogP contribution in [0.1, 0.15) is 6.92 Å². The Balaban J connectivity index is 2.35. The van der Waals surface area contributed by atoms with Gasteiger partial charge in [0.05, 0.1) is 20.7 Å². The molecule has 0 radical (unpaired) electrons. The van der Waals surface area contributed by atoms with E-state index in [-0.39, 0.29) is 0 Å². The summed E-state index contributed by atoms with van der Waals surface area (Å²) >= 11 is 1.82. The van der Waals surface area contributed by atoms with Crippen LogP contribution in [0.4, 0.5) is 0 Å². The van der Waals surface area contributed by atoms with E-state index in [0.29, 0.717) is 0 Å². The summed E-state index contributed by atoms with van der Waals surface area (Å²) in [6.45, 7) is 10.1. The fraction of sp³-hybridized carbons (Fsp3) is 0.467. The van der Waals surface area contributed by atoms with Crippen LogP contribution in [0.25, 0.3) is 11.4 Å². The first-order valence-corrected chi connectivity index (χ1v) is 11.8. The van der Waals surface area contributed by atoms with E-state index in [2.05, 4.69) is 41.3 Å². The van der Waals surface area contributed by atoms with Crippen LogP contribution in [-0.2, 0) is 6.54 Å². The molecule has 0 saturated carbocycles. The maximum Gasteiger partial charge on any atom is 0.191 e. The van der Waals surface area contributed by atoms with Gasteiger partial charge in [-0.3, -0.25) is 0 Å². The van der Waals surface area contributed by atoms with Crippen molar-refractivity contribution in [3.05, 3.63) is 24.3 Å². The summed E-state index contributed by atoms with van der Waals surface area (Å²) in [5, 5.41) is 10.9. The van der Waals surface area contributed by atoms with Gasteiger partial charge < -0.3 is 9.30 Å². The molecule has 0 aliphatic rings. The average Bonchev–Trinajstić information content (AvgIpc) is 2.87. The van der Waals surface area contributed by atoms with Crippen molar-refractivity contribution in [2.75, 3.05) is 12.5 Å². The molecule has 1 aromatic carbocycles. The molecule has 0 bridgehead atoms. The largest absolute Gasteiger partial charge is 0.496 e. The van der Waals surface area contributed by atoms with Gasteiger partial charge in [0.15, 0.2) is 11.0 Å². The number of methoxy groups -OCH3 is 1. The van der Waals surface area contributed by atoms with E-state index in [4.69, 9.17) is 4.74 Å². The number of nitrogens with zero attached hydrogens (tertiary/aromatic N) is 3. The zero-order valence-electron chi connectivity index (χ0n) is 13.4. The number of aromatic nitrogens is 3. The van der Waals surface area contributed by atoms with Gasteiger partial charge >= 0.3 is 0 Å². The first-order valence-electron chi connectivity index (χ1n) is 7.15. The summed E-state index contributed by atoms with van der Waals surface area (Å²) in [6, 6.07) is 7.96. The van der Waals surface area contributed by atoms with Crippen molar-refractivity contribution in [1.82, 2.24) is 14.8 Å². The highest BCUT2D eigenvalue weighted by molar-refractivity contribution is 8.00. The van der Waals surface area contributed by atoms with E-state index >= 15 is 0 Å². The molecule has 0 aliphatic carbocycles. The quantitative estimate of drug-likeness (QED) is 0.597. The number of hydrogen-bond donors (Lipinski definition) is 0. The van der Waals surface area contributed by atoms with E-state index < -0.39 is 8.07 Å². The first-order chi connectivity index (χ1) is 9.96. The fourth-order valence-corrected chi connectivity index (χ4v) is 4.71. The number of hydrogen-bond acceptors (Lipinski definition) is 4. The van der Waals surface area contributed by atoms with E-state index in [1.807, 2.05) is 36.0 Å². The van der Waals surface area contributed by atoms with Gasteiger partial charge in [-0.2, -0.15) is 0 Å². The Morgan fingerprint density at radius 3 is 2.52 bits per heavy atom. The van der Waals surface area contributed by atoms with Crippen LogP contribution in [0.2, 0.25) is 19.6 Å². The molecule has 0 spiro atoms. The second-order valence-corrected chi connectivity index (χ2v) is 13.0. The molecule has 0 atom stereocenters. The maximum absolute atomic E-state index is 5.44. The lowest BCUT2D eigenvalue weighted by Crippen LogP contribution is -2.24. The summed E-state index contributed by atoms with van der Waals surface area (Å²) in [6.07, 6.45) is 0. The van der Waals surface area contributed by atoms with Crippen LogP contribution in [-0.4, -0.2) is 35.3 Å². The Kier molecular flexibility index (Phi) is 5.11. The molecule has 0 fully saturated rings. The molecule has 0 aliphatic heterocycles. The predicted molar refractivity (Wildman–Crippen MR) is 91.8 cm³/mol. The van der Waals surface area contributed by atoms with Crippen molar-refractivity contribution in [2.24, 2.45) is 0 Å². The molecule has 6 heteroatoms. The molecule has 4 nitrogen and oxygen atoms in total. The number of para-hydroxylation sites is 1. The third kappa shape index (κ3) is 3.88. The summed E-state index contributed by atoms with van der Waals surface area (Å²) in [4.78, 5) is 0. The van der Waals surface area contributed by atoms with Crippen molar-refractivity contribution in [3.8, 4) is 17.1 Å². The smallest absolute Gasteiger partial charge is 0.191 e. The summed E-state index contributed by atoms with van der Waals surface area (Å²) in [7, 11) is 0.581. The van der Waals surface area contributed by atoms with E-state index in [9.17, 15) is 0 Å². The van der Waals surface area contributed by atoms with Gasteiger partial charge in [-0.15, -0.1) is 10.2 Å². The van der Waals surface area contributed by atoms with Crippen molar-refractivity contribution in [2.45, 2.75) is 38.3 Å². The van der Waals surface area contributed by atoms with Gasteiger partial charge in [0.25, 0.3) is 0 Å². The second kappa shape index (κ2) is 6.66. The summed E-state index contributed by atoms with van der Waals surface area (Å²) in [5.74, 6) is 1.72. The third-order valence-electron chi connectivity index (χ3n) is 3.02. The number of thioether (sulfide) groups is 1. The molecule has 0 amide bonds. The Labute approximate surface area is 131 Å². The summed E-state index contributed by atoms with van der Waals surface area (Å²) < 4.78 is 7.61. The van der Waals surface area contributed by atoms with Gasteiger partial charge in [-0.25, -0.2) is 0 Å². The first kappa shape index (κ1) is 16.1. The van der Waals surface area contributed by atoms with Crippen LogP contribution in [0.3, 0.4) is 0 Å². The minimum absolute atomic E-state index is 0.835. The van der Waals surface area contributed by atoms with Crippen molar-refractivity contribution >= 4 is 19.8 Å². The highest BCUT2D eigenvalue weighted by atomic mass is 32.2. The fourth-order valence-electron chi connectivity index (χ4n) is 1.99. The van der Waals surface area contributed by atoms with Crippen LogP contribution in [0.15, 0.2) is 29.4 Å². The highest BCUT2D eigenvalue weighted by Gasteiger charge is 2.19. The van der Waals surface area contributed by atoms with Crippen molar-refractivity contribution < 1.29 is 4.74 Å². The Bertz CT molecular complexity index is 607. The normalized spacial score (nSPS) is 11.7. The second-order valence-electron chi connectivity index (χ2n) is 6.10. The SMILES string of the molecule is CCn1c(SC[Si](C)(C)C)nnc1-c1ccccc1OC. The number of rotatable bonds is 6. The van der Waals surface area contributed by atoms with E-state index in [1.165, 1.54) is 0 Å². The maximum atomic E-state index is 5.44. The molecule has 0 saturated heterocycles. The molecule has 21 heavy (non-hydrogen) atoms. The molecule has 2 rings (SSSR count). The van der Waals surface area contributed by atoms with E-state index in [1.54, 1.807) is 7.11 Å². The Hall–Kier alpha value is -1.27. The summed E-state index contributed by atoms with van der Waals surface area (Å²) in [5.41, 5.74) is 0.995. The molecule has 0 unspecified atom stereocenters. The molecule has 114 valence electrons. The van der Waals surface area contributed by atoms with Gasteiger partial charge in [-0.05, 0) is 24.4 Å². The highest BCUT2D eigenvalue weighted by Crippen LogP contribution is 2.31. The minimum atomic E-state index is -1.11. The van der Waals surface area contributed by atoms with E-state index in [0.717, 1.165) is 34.2 Å². The van der Waals surface area contributed by atoms with Gasteiger partial charge in [0.2, 0.25) is 0 Å². The van der Waals surface area contributed by atoms with Crippen LogP contribution >= 0.6 is 11.8 Å². The molecule has 2 aromatic rings. The minimum Gasteiger partial charge on any atom is -0.496 e. The van der Waals surface area contributed by atoms with Crippen molar-refractivity contribution in [1.29, 1.82) is 0 Å². The molecule has 1 heterocycles. The Morgan fingerprint density at radius 2 is 1.90 bits per heavy atom. The van der Waals surface area contributed by atoms with Gasteiger partial charge in [0.1, 0.15) is 5.75 Å². The number of benzene rings is 1. The topological polar surface area (TPSA) is 39.9 Å². The van der Waals surface area contributed by atoms with Gasteiger partial charge in [-0.1, -0.05) is 43.5 Å². The third-order valence-corrected chi connectivity index (χ3v) is 7.62. The molecule has 1 aromatic heterocycles. The van der Waals surface area contributed by atoms with Crippen LogP contribution < -0.4 is 4.74 Å².